The summed E-state index contributed by atoms with van der Waals surface area (Å²) in [4.78, 5) is 0. The molecule has 0 saturated heterocycles. The van der Waals surface area contributed by atoms with Crippen molar-refractivity contribution in [1.29, 1.82) is 0 Å². The highest BCUT2D eigenvalue weighted by molar-refractivity contribution is 5.88. The number of aromatic hydroxyl groups is 1. The molecule has 17 heavy (non-hydrogen) atoms. The minimum Gasteiger partial charge on any atom is -0.508 e. The Balaban J connectivity index is 2.62. The average molecular weight is 229 g/mol. The van der Waals surface area contributed by atoms with Crippen molar-refractivity contribution in [1.82, 2.24) is 0 Å². The smallest absolute Gasteiger partial charge is 0.120 e. The molecule has 0 saturated carbocycles. The molecule has 0 aliphatic carbocycles. The molecule has 0 aromatic heterocycles. The normalized spacial score (nSPS) is 14.8. The third kappa shape index (κ3) is 2.13. The van der Waals surface area contributed by atoms with E-state index in [0.717, 1.165) is 22.8 Å². The largest absolute Gasteiger partial charge is 0.508 e. The SMILES string of the molecule is CCC(C)[C@H](N)c1c(O)ccc2ccccc12. The number of rotatable bonds is 3. The van der Waals surface area contributed by atoms with Crippen LogP contribution in [0.2, 0.25) is 0 Å². The molecule has 0 amide bonds. The van der Waals surface area contributed by atoms with E-state index in [-0.39, 0.29) is 6.04 Å². The van der Waals surface area contributed by atoms with Gasteiger partial charge in [-0.2, -0.15) is 0 Å². The molecular formula is C15H19NO. The molecule has 0 heterocycles. The zero-order valence-electron chi connectivity index (χ0n) is 10.4. The first-order valence-electron chi connectivity index (χ1n) is 6.11. The number of phenolic OH excluding ortho intramolecular Hbond substituents is 1. The van der Waals surface area contributed by atoms with Gasteiger partial charge in [0, 0.05) is 11.6 Å². The van der Waals surface area contributed by atoms with Gasteiger partial charge < -0.3 is 10.8 Å². The van der Waals surface area contributed by atoms with Crippen molar-refractivity contribution in [3.63, 3.8) is 0 Å². The number of fused-ring (bicyclic) bond motifs is 1. The van der Waals surface area contributed by atoms with Crippen LogP contribution in [0.3, 0.4) is 0 Å². The highest BCUT2D eigenvalue weighted by atomic mass is 16.3. The second-order valence-corrected chi connectivity index (χ2v) is 4.63. The standard InChI is InChI=1S/C15H19NO/c1-3-10(2)15(16)14-12-7-5-4-6-11(12)8-9-13(14)17/h4-10,15,17H,3,16H2,1-2H3/t10?,15-/m0/s1. The minimum atomic E-state index is -0.119. The van der Waals surface area contributed by atoms with Gasteiger partial charge in [0.2, 0.25) is 0 Å². The summed E-state index contributed by atoms with van der Waals surface area (Å²) >= 11 is 0. The van der Waals surface area contributed by atoms with Gasteiger partial charge in [0.1, 0.15) is 5.75 Å². The van der Waals surface area contributed by atoms with Gasteiger partial charge in [-0.15, -0.1) is 0 Å². The quantitative estimate of drug-likeness (QED) is 0.844. The van der Waals surface area contributed by atoms with E-state index >= 15 is 0 Å². The number of benzene rings is 2. The molecule has 0 fully saturated rings. The van der Waals surface area contributed by atoms with Gasteiger partial charge >= 0.3 is 0 Å². The van der Waals surface area contributed by atoms with Crippen LogP contribution in [0.15, 0.2) is 36.4 Å². The van der Waals surface area contributed by atoms with Gasteiger partial charge in [-0.05, 0) is 22.8 Å². The Labute approximate surface area is 102 Å². The van der Waals surface area contributed by atoms with Crippen molar-refractivity contribution in [2.75, 3.05) is 0 Å². The Morgan fingerprint density at radius 1 is 1.18 bits per heavy atom. The Kier molecular flexibility index (Phi) is 3.34. The summed E-state index contributed by atoms with van der Waals surface area (Å²) in [6, 6.07) is 11.6. The molecule has 2 nitrogen and oxygen atoms in total. The summed E-state index contributed by atoms with van der Waals surface area (Å²) in [6.07, 6.45) is 1.00. The van der Waals surface area contributed by atoms with Gasteiger partial charge in [-0.3, -0.25) is 0 Å². The highest BCUT2D eigenvalue weighted by Gasteiger charge is 2.19. The zero-order chi connectivity index (χ0) is 12.4. The van der Waals surface area contributed by atoms with Crippen molar-refractivity contribution < 1.29 is 5.11 Å². The fourth-order valence-corrected chi connectivity index (χ4v) is 2.17. The first-order valence-corrected chi connectivity index (χ1v) is 6.11. The lowest BCUT2D eigenvalue weighted by Crippen LogP contribution is -2.19. The Morgan fingerprint density at radius 3 is 2.59 bits per heavy atom. The van der Waals surface area contributed by atoms with Crippen LogP contribution in [-0.2, 0) is 0 Å². The van der Waals surface area contributed by atoms with E-state index in [0.29, 0.717) is 11.7 Å². The van der Waals surface area contributed by atoms with Crippen molar-refractivity contribution in [3.8, 4) is 5.75 Å². The van der Waals surface area contributed by atoms with E-state index in [1.54, 1.807) is 6.07 Å². The molecule has 2 aromatic rings. The molecule has 0 aliphatic rings. The Hall–Kier alpha value is -1.54. The number of nitrogens with two attached hydrogens (primary N) is 1. The molecule has 1 unspecified atom stereocenters. The van der Waals surface area contributed by atoms with Crippen LogP contribution in [0.4, 0.5) is 0 Å². The minimum absolute atomic E-state index is 0.119. The van der Waals surface area contributed by atoms with Crippen molar-refractivity contribution >= 4 is 10.8 Å². The van der Waals surface area contributed by atoms with E-state index in [2.05, 4.69) is 13.8 Å². The number of phenols is 1. The third-order valence-corrected chi connectivity index (χ3v) is 3.54. The number of hydrogen-bond donors (Lipinski definition) is 2. The van der Waals surface area contributed by atoms with Gasteiger partial charge in [-0.1, -0.05) is 50.6 Å². The topological polar surface area (TPSA) is 46.2 Å². The second-order valence-electron chi connectivity index (χ2n) is 4.63. The molecule has 2 aromatic carbocycles. The van der Waals surface area contributed by atoms with Crippen LogP contribution in [0.1, 0.15) is 31.9 Å². The van der Waals surface area contributed by atoms with E-state index < -0.39 is 0 Å². The average Bonchev–Trinajstić information content (AvgIpc) is 2.37. The lowest BCUT2D eigenvalue weighted by molar-refractivity contribution is 0.422. The predicted molar refractivity (Wildman–Crippen MR) is 72.0 cm³/mol. The molecule has 2 atom stereocenters. The van der Waals surface area contributed by atoms with Crippen molar-refractivity contribution in [2.24, 2.45) is 11.7 Å². The van der Waals surface area contributed by atoms with Crippen LogP contribution in [0, 0.1) is 5.92 Å². The second kappa shape index (κ2) is 4.76. The fraction of sp³-hybridized carbons (Fsp3) is 0.333. The Morgan fingerprint density at radius 2 is 1.88 bits per heavy atom. The van der Waals surface area contributed by atoms with Crippen molar-refractivity contribution in [2.45, 2.75) is 26.3 Å². The van der Waals surface area contributed by atoms with E-state index in [4.69, 9.17) is 5.73 Å². The van der Waals surface area contributed by atoms with Crippen LogP contribution in [0.25, 0.3) is 10.8 Å². The first kappa shape index (κ1) is 11.9. The van der Waals surface area contributed by atoms with Crippen molar-refractivity contribution in [3.05, 3.63) is 42.0 Å². The third-order valence-electron chi connectivity index (χ3n) is 3.54. The predicted octanol–water partition coefficient (Wildman–Crippen LogP) is 3.59. The summed E-state index contributed by atoms with van der Waals surface area (Å²) in [5.41, 5.74) is 7.13. The van der Waals surface area contributed by atoms with E-state index in [9.17, 15) is 5.11 Å². The van der Waals surface area contributed by atoms with Crippen LogP contribution < -0.4 is 5.73 Å². The Bertz CT molecular complexity index is 521. The van der Waals surface area contributed by atoms with Crippen LogP contribution >= 0.6 is 0 Å². The zero-order valence-corrected chi connectivity index (χ0v) is 10.4. The maximum Gasteiger partial charge on any atom is 0.120 e. The summed E-state index contributed by atoms with van der Waals surface area (Å²) < 4.78 is 0. The van der Waals surface area contributed by atoms with Gasteiger partial charge in [-0.25, -0.2) is 0 Å². The molecule has 3 N–H and O–H groups in total. The lowest BCUT2D eigenvalue weighted by atomic mass is 9.89. The van der Waals surface area contributed by atoms with E-state index in [1.807, 2.05) is 30.3 Å². The molecule has 0 aliphatic heterocycles. The van der Waals surface area contributed by atoms with E-state index in [1.165, 1.54) is 0 Å². The molecular weight excluding hydrogens is 210 g/mol. The molecule has 90 valence electrons. The molecule has 2 rings (SSSR count). The fourth-order valence-electron chi connectivity index (χ4n) is 2.17. The maximum atomic E-state index is 10.0. The molecule has 0 bridgehead atoms. The first-order chi connectivity index (χ1) is 8.15. The highest BCUT2D eigenvalue weighted by Crippen LogP contribution is 2.35. The monoisotopic (exact) mass is 229 g/mol. The van der Waals surface area contributed by atoms with Crippen LogP contribution in [0.5, 0.6) is 5.75 Å². The summed E-state index contributed by atoms with van der Waals surface area (Å²) in [5.74, 6) is 0.656. The molecule has 0 radical (unpaired) electrons. The van der Waals surface area contributed by atoms with Gasteiger partial charge in [0.05, 0.1) is 0 Å². The lowest BCUT2D eigenvalue weighted by Gasteiger charge is -2.21. The van der Waals surface area contributed by atoms with Gasteiger partial charge in [0.25, 0.3) is 0 Å². The van der Waals surface area contributed by atoms with Gasteiger partial charge in [0.15, 0.2) is 0 Å². The maximum absolute atomic E-state index is 10.0. The number of hydrogen-bond acceptors (Lipinski definition) is 2. The summed E-state index contributed by atoms with van der Waals surface area (Å²) in [7, 11) is 0. The summed E-state index contributed by atoms with van der Waals surface area (Å²) in [6.45, 7) is 4.23. The van der Waals surface area contributed by atoms with Crippen LogP contribution in [-0.4, -0.2) is 5.11 Å². The molecule has 0 spiro atoms. The molecule has 2 heteroatoms. The summed E-state index contributed by atoms with van der Waals surface area (Å²) in [5, 5.41) is 12.2.